The van der Waals surface area contributed by atoms with Gasteiger partial charge in [0.25, 0.3) is 0 Å². The summed E-state index contributed by atoms with van der Waals surface area (Å²) in [6.45, 7) is 0.872. The van der Waals surface area contributed by atoms with Crippen LogP contribution >= 0.6 is 0 Å². The summed E-state index contributed by atoms with van der Waals surface area (Å²) in [5.41, 5.74) is 0.842. The number of benzene rings is 1. The van der Waals surface area contributed by atoms with Crippen LogP contribution in [0.15, 0.2) is 35.1 Å². The molecule has 0 unspecified atom stereocenters. The Labute approximate surface area is 102 Å². The van der Waals surface area contributed by atoms with Crippen molar-refractivity contribution in [2.45, 2.75) is 13.1 Å². The zero-order valence-electron chi connectivity index (χ0n) is 9.30. The molecule has 2 aromatic rings. The van der Waals surface area contributed by atoms with E-state index in [9.17, 15) is 14.5 Å². The van der Waals surface area contributed by atoms with Crippen LogP contribution in [-0.2, 0) is 13.1 Å². The summed E-state index contributed by atoms with van der Waals surface area (Å²) in [5, 5.41) is 17.2. The minimum Gasteiger partial charge on any atom is -0.364 e. The Morgan fingerprint density at radius 3 is 2.83 bits per heavy atom. The first-order valence-corrected chi connectivity index (χ1v) is 5.19. The highest BCUT2D eigenvalue weighted by Gasteiger charge is 2.13. The fourth-order valence-corrected chi connectivity index (χ4v) is 1.47. The van der Waals surface area contributed by atoms with Crippen molar-refractivity contribution in [2.24, 2.45) is 0 Å². The minimum atomic E-state index is -0.833. The molecule has 0 saturated carbocycles. The van der Waals surface area contributed by atoms with Gasteiger partial charge in [0.05, 0.1) is 10.6 Å². The Morgan fingerprint density at radius 2 is 2.22 bits per heavy atom. The molecular weight excluding hydrogens is 241 g/mol. The van der Waals surface area contributed by atoms with Gasteiger partial charge in [-0.25, -0.2) is 0 Å². The number of nitrogens with one attached hydrogen (secondary N) is 1. The van der Waals surface area contributed by atoms with E-state index < -0.39 is 16.4 Å². The van der Waals surface area contributed by atoms with Crippen molar-refractivity contribution in [3.8, 4) is 0 Å². The van der Waals surface area contributed by atoms with E-state index in [0.717, 1.165) is 17.8 Å². The molecule has 0 saturated heterocycles. The van der Waals surface area contributed by atoms with Gasteiger partial charge in [-0.1, -0.05) is 11.2 Å². The van der Waals surface area contributed by atoms with E-state index in [1.807, 2.05) is 0 Å². The van der Waals surface area contributed by atoms with Crippen molar-refractivity contribution in [1.29, 1.82) is 0 Å². The highest BCUT2D eigenvalue weighted by Crippen LogP contribution is 2.17. The first-order valence-electron chi connectivity index (χ1n) is 5.19. The monoisotopic (exact) mass is 251 g/mol. The molecule has 0 radical (unpaired) electrons. The van der Waals surface area contributed by atoms with Crippen LogP contribution in [0.1, 0.15) is 11.3 Å². The van der Waals surface area contributed by atoms with Crippen LogP contribution in [0.3, 0.4) is 0 Å². The van der Waals surface area contributed by atoms with Crippen molar-refractivity contribution in [1.82, 2.24) is 10.5 Å². The number of rotatable bonds is 5. The van der Waals surface area contributed by atoms with E-state index in [0.29, 0.717) is 18.7 Å². The fourth-order valence-electron chi connectivity index (χ4n) is 1.47. The summed E-state index contributed by atoms with van der Waals surface area (Å²) in [5.74, 6) is -0.833. The number of aromatic nitrogens is 1. The molecule has 0 bridgehead atoms. The van der Waals surface area contributed by atoms with Gasteiger partial charge in [-0.3, -0.25) is 10.1 Å². The smallest absolute Gasteiger partial charge is 0.304 e. The molecule has 1 aromatic heterocycles. The van der Waals surface area contributed by atoms with Crippen LogP contribution < -0.4 is 5.32 Å². The van der Waals surface area contributed by atoms with Gasteiger partial charge in [-0.05, 0) is 11.6 Å². The average Bonchev–Trinajstić information content (AvgIpc) is 2.81. The molecule has 94 valence electrons. The maximum absolute atomic E-state index is 13.3. The lowest BCUT2D eigenvalue weighted by atomic mass is 10.2. The van der Waals surface area contributed by atoms with Gasteiger partial charge in [0.15, 0.2) is 0 Å². The van der Waals surface area contributed by atoms with Gasteiger partial charge >= 0.3 is 5.69 Å². The molecule has 0 atom stereocenters. The number of halogens is 1. The molecule has 0 aliphatic rings. The van der Waals surface area contributed by atoms with Crippen LogP contribution in [0.25, 0.3) is 0 Å². The van der Waals surface area contributed by atoms with Gasteiger partial charge in [0.1, 0.15) is 6.26 Å². The minimum absolute atomic E-state index is 0.391. The first kappa shape index (κ1) is 12.2. The van der Waals surface area contributed by atoms with E-state index in [1.165, 1.54) is 12.3 Å². The standard InChI is InChI=1S/C11H10FN3O3/c12-10-5-8(1-2-11(10)15(16)17)6-13-7-9-3-4-18-14-9/h1-5,13H,6-7H2. The lowest BCUT2D eigenvalue weighted by Gasteiger charge is -2.03. The summed E-state index contributed by atoms with van der Waals surface area (Å²) in [6.07, 6.45) is 1.46. The third-order valence-corrected chi connectivity index (χ3v) is 2.34. The van der Waals surface area contributed by atoms with Crippen molar-refractivity contribution >= 4 is 5.69 Å². The second-order valence-corrected chi connectivity index (χ2v) is 3.64. The molecule has 0 spiro atoms. The van der Waals surface area contributed by atoms with Crippen LogP contribution in [0.2, 0.25) is 0 Å². The maximum atomic E-state index is 13.3. The zero-order valence-corrected chi connectivity index (χ0v) is 9.30. The van der Waals surface area contributed by atoms with Gasteiger partial charge in [-0.2, -0.15) is 4.39 Å². The second-order valence-electron chi connectivity index (χ2n) is 3.64. The Morgan fingerprint density at radius 1 is 1.39 bits per heavy atom. The zero-order chi connectivity index (χ0) is 13.0. The van der Waals surface area contributed by atoms with Crippen molar-refractivity contribution < 1.29 is 13.8 Å². The number of hydrogen-bond acceptors (Lipinski definition) is 5. The van der Waals surface area contributed by atoms with E-state index in [2.05, 4.69) is 15.0 Å². The van der Waals surface area contributed by atoms with Crippen molar-refractivity contribution in [3.05, 3.63) is 57.7 Å². The third-order valence-electron chi connectivity index (χ3n) is 2.34. The van der Waals surface area contributed by atoms with Crippen LogP contribution in [0.5, 0.6) is 0 Å². The Hall–Kier alpha value is -2.28. The summed E-state index contributed by atoms with van der Waals surface area (Å²) in [4.78, 5) is 9.69. The normalized spacial score (nSPS) is 10.5. The summed E-state index contributed by atoms with van der Waals surface area (Å²) < 4.78 is 18.0. The molecule has 0 fully saturated rings. The lowest BCUT2D eigenvalue weighted by molar-refractivity contribution is -0.387. The van der Waals surface area contributed by atoms with Crippen LogP contribution in [-0.4, -0.2) is 10.1 Å². The summed E-state index contributed by atoms with van der Waals surface area (Å²) in [6, 6.07) is 5.52. The maximum Gasteiger partial charge on any atom is 0.304 e. The molecule has 1 heterocycles. The largest absolute Gasteiger partial charge is 0.364 e. The molecule has 2 rings (SSSR count). The van der Waals surface area contributed by atoms with Crippen LogP contribution in [0.4, 0.5) is 10.1 Å². The molecule has 0 aliphatic heterocycles. The van der Waals surface area contributed by atoms with Crippen LogP contribution in [0, 0.1) is 15.9 Å². The summed E-state index contributed by atoms with van der Waals surface area (Å²) >= 11 is 0. The Bertz CT molecular complexity index is 542. The number of hydrogen-bond donors (Lipinski definition) is 1. The fraction of sp³-hybridized carbons (Fsp3) is 0.182. The molecule has 1 aromatic carbocycles. The second kappa shape index (κ2) is 5.37. The van der Waals surface area contributed by atoms with E-state index in [-0.39, 0.29) is 0 Å². The topological polar surface area (TPSA) is 81.2 Å². The SMILES string of the molecule is O=[N+]([O-])c1ccc(CNCc2ccon2)cc1F. The summed E-state index contributed by atoms with van der Waals surface area (Å²) in [7, 11) is 0. The molecule has 1 N–H and O–H groups in total. The van der Waals surface area contributed by atoms with Gasteiger partial charge in [0.2, 0.25) is 5.82 Å². The number of nitro benzene ring substituents is 1. The lowest BCUT2D eigenvalue weighted by Crippen LogP contribution is -2.13. The first-order chi connectivity index (χ1) is 8.66. The predicted octanol–water partition coefficient (Wildman–Crippen LogP) is 2.01. The molecule has 7 heteroatoms. The molecule has 0 aliphatic carbocycles. The quantitative estimate of drug-likeness (QED) is 0.649. The molecule has 6 nitrogen and oxygen atoms in total. The number of nitro groups is 1. The number of nitrogens with zero attached hydrogens (tertiary/aromatic N) is 2. The molecule has 18 heavy (non-hydrogen) atoms. The molecular formula is C11H10FN3O3. The van der Waals surface area contributed by atoms with Gasteiger partial charge in [-0.15, -0.1) is 0 Å². The highest BCUT2D eigenvalue weighted by atomic mass is 19.1. The molecule has 0 amide bonds. The van der Waals surface area contributed by atoms with Crippen molar-refractivity contribution in [3.63, 3.8) is 0 Å². The highest BCUT2D eigenvalue weighted by molar-refractivity contribution is 5.34. The third kappa shape index (κ3) is 2.89. The Kier molecular flexibility index (Phi) is 3.63. The van der Waals surface area contributed by atoms with Gasteiger partial charge < -0.3 is 9.84 Å². The van der Waals surface area contributed by atoms with Gasteiger partial charge in [0, 0.05) is 25.2 Å². The average molecular weight is 251 g/mol. The van der Waals surface area contributed by atoms with E-state index >= 15 is 0 Å². The Balaban J connectivity index is 1.94. The van der Waals surface area contributed by atoms with E-state index in [1.54, 1.807) is 6.07 Å². The van der Waals surface area contributed by atoms with E-state index in [4.69, 9.17) is 0 Å². The predicted molar refractivity (Wildman–Crippen MR) is 60.1 cm³/mol. The van der Waals surface area contributed by atoms with Crippen molar-refractivity contribution in [2.75, 3.05) is 0 Å².